The maximum Gasteiger partial charge on any atom is 0.184 e. The van der Waals surface area contributed by atoms with Gasteiger partial charge in [0.1, 0.15) is 0 Å². The van der Waals surface area contributed by atoms with Crippen molar-refractivity contribution in [1.82, 2.24) is 0 Å². The maximum absolute atomic E-state index is 6.49. The van der Waals surface area contributed by atoms with Crippen LogP contribution in [0.4, 0.5) is 0 Å². The lowest BCUT2D eigenvalue weighted by Crippen LogP contribution is -2.42. The van der Waals surface area contributed by atoms with Gasteiger partial charge in [-0.2, -0.15) is 0 Å². The van der Waals surface area contributed by atoms with E-state index >= 15 is 0 Å². The monoisotopic (exact) mass is 230 g/mol. The van der Waals surface area contributed by atoms with Gasteiger partial charge in [0.15, 0.2) is 8.32 Å². The molecule has 0 aliphatic rings. The molecular weight excluding hydrogens is 200 g/mol. The lowest BCUT2D eigenvalue weighted by atomic mass is 9.88. The molecule has 0 rings (SSSR count). The molecule has 0 atom stereocenters. The molecule has 0 aromatic rings. The van der Waals surface area contributed by atoms with Gasteiger partial charge in [-0.1, -0.05) is 40.0 Å². The minimum atomic E-state index is -1.40. The van der Waals surface area contributed by atoms with Crippen molar-refractivity contribution in [2.24, 2.45) is 0 Å². The normalized spacial score (nSPS) is 13.2. The summed E-state index contributed by atoms with van der Waals surface area (Å²) in [6.45, 7) is 13.7. The Morgan fingerprint density at radius 2 is 1.13 bits per heavy atom. The summed E-state index contributed by atoms with van der Waals surface area (Å²) in [6.07, 6.45) is 7.43. The Bertz CT molecular complexity index is 143. The number of hydrogen-bond donors (Lipinski definition) is 0. The number of rotatable bonds is 8. The summed E-state index contributed by atoms with van der Waals surface area (Å²) in [7, 11) is -1.40. The molecule has 0 aromatic heterocycles. The van der Waals surface area contributed by atoms with E-state index in [4.69, 9.17) is 4.43 Å². The second-order valence-corrected chi connectivity index (χ2v) is 10.1. The fraction of sp³-hybridized carbons (Fsp3) is 1.00. The summed E-state index contributed by atoms with van der Waals surface area (Å²) < 4.78 is 6.49. The van der Waals surface area contributed by atoms with Crippen LogP contribution in [0, 0.1) is 0 Å². The van der Waals surface area contributed by atoms with E-state index in [0.29, 0.717) is 0 Å². The van der Waals surface area contributed by atoms with Crippen LogP contribution in [0.1, 0.15) is 59.3 Å². The Labute approximate surface area is 97.7 Å². The van der Waals surface area contributed by atoms with Gasteiger partial charge in [-0.3, -0.25) is 0 Å². The van der Waals surface area contributed by atoms with Crippen molar-refractivity contribution in [3.8, 4) is 0 Å². The van der Waals surface area contributed by atoms with E-state index in [2.05, 4.69) is 40.4 Å². The summed E-state index contributed by atoms with van der Waals surface area (Å²) in [5.74, 6) is 0. The standard InChI is InChI=1S/C13H30OSi/c1-7-10-13(11-8-2,12-9-3)14-15(4,5)6/h7-12H2,1-6H3. The lowest BCUT2D eigenvalue weighted by molar-refractivity contribution is 0.0312. The first-order valence-corrected chi connectivity index (χ1v) is 10.00. The van der Waals surface area contributed by atoms with Crippen LogP contribution in [-0.2, 0) is 4.43 Å². The molecule has 0 bridgehead atoms. The summed E-state index contributed by atoms with van der Waals surface area (Å²) in [6, 6.07) is 0. The van der Waals surface area contributed by atoms with Gasteiger partial charge >= 0.3 is 0 Å². The topological polar surface area (TPSA) is 9.23 Å². The predicted octanol–water partition coefficient (Wildman–Crippen LogP) is 4.98. The lowest BCUT2D eigenvalue weighted by Gasteiger charge is -2.39. The molecule has 0 heterocycles. The molecule has 0 aliphatic carbocycles. The zero-order chi connectivity index (χ0) is 11.9. The highest BCUT2D eigenvalue weighted by atomic mass is 28.4. The largest absolute Gasteiger partial charge is 0.412 e. The maximum atomic E-state index is 6.49. The third-order valence-electron chi connectivity index (χ3n) is 2.64. The molecule has 0 saturated heterocycles. The minimum Gasteiger partial charge on any atom is -0.412 e. The Balaban J connectivity index is 4.60. The molecule has 0 aliphatic heterocycles. The second kappa shape index (κ2) is 6.69. The summed E-state index contributed by atoms with van der Waals surface area (Å²) in [5.41, 5.74) is 0.197. The summed E-state index contributed by atoms with van der Waals surface area (Å²) in [5, 5.41) is 0. The van der Waals surface area contributed by atoms with Crippen LogP contribution >= 0.6 is 0 Å². The highest BCUT2D eigenvalue weighted by molar-refractivity contribution is 6.69. The molecule has 0 saturated carbocycles. The van der Waals surface area contributed by atoms with Crippen molar-refractivity contribution in [3.05, 3.63) is 0 Å². The molecule has 92 valence electrons. The molecule has 15 heavy (non-hydrogen) atoms. The van der Waals surface area contributed by atoms with Gasteiger partial charge in [-0.15, -0.1) is 0 Å². The zero-order valence-electron chi connectivity index (χ0n) is 11.7. The van der Waals surface area contributed by atoms with E-state index < -0.39 is 8.32 Å². The second-order valence-electron chi connectivity index (χ2n) is 5.65. The van der Waals surface area contributed by atoms with Gasteiger partial charge in [0.05, 0.1) is 5.60 Å². The van der Waals surface area contributed by atoms with Crippen LogP contribution in [0.3, 0.4) is 0 Å². The first-order valence-electron chi connectivity index (χ1n) is 6.59. The van der Waals surface area contributed by atoms with Crippen LogP contribution in [0.2, 0.25) is 19.6 Å². The van der Waals surface area contributed by atoms with Crippen molar-refractivity contribution in [2.75, 3.05) is 0 Å². The van der Waals surface area contributed by atoms with Crippen molar-refractivity contribution in [3.63, 3.8) is 0 Å². The molecule has 0 radical (unpaired) electrons. The van der Waals surface area contributed by atoms with Crippen LogP contribution in [0.15, 0.2) is 0 Å². The van der Waals surface area contributed by atoms with E-state index in [1.54, 1.807) is 0 Å². The van der Waals surface area contributed by atoms with Crippen LogP contribution in [-0.4, -0.2) is 13.9 Å². The molecule has 0 N–H and O–H groups in total. The van der Waals surface area contributed by atoms with Gasteiger partial charge in [0.25, 0.3) is 0 Å². The average Bonchev–Trinajstić information content (AvgIpc) is 2.01. The molecule has 0 spiro atoms. The van der Waals surface area contributed by atoms with Crippen molar-refractivity contribution < 1.29 is 4.43 Å². The fourth-order valence-electron chi connectivity index (χ4n) is 2.54. The molecule has 0 aromatic carbocycles. The van der Waals surface area contributed by atoms with Crippen LogP contribution in [0.25, 0.3) is 0 Å². The first-order chi connectivity index (χ1) is 6.89. The molecular formula is C13H30OSi. The first kappa shape index (κ1) is 15.2. The van der Waals surface area contributed by atoms with Gasteiger partial charge in [-0.05, 0) is 38.9 Å². The quantitative estimate of drug-likeness (QED) is 0.535. The van der Waals surface area contributed by atoms with Crippen molar-refractivity contribution >= 4 is 8.32 Å². The summed E-state index contributed by atoms with van der Waals surface area (Å²) >= 11 is 0. The van der Waals surface area contributed by atoms with Gasteiger partial charge in [0, 0.05) is 0 Å². The van der Waals surface area contributed by atoms with Gasteiger partial charge in [0.2, 0.25) is 0 Å². The van der Waals surface area contributed by atoms with E-state index in [-0.39, 0.29) is 5.60 Å². The van der Waals surface area contributed by atoms with Crippen LogP contribution < -0.4 is 0 Å². The molecule has 1 nitrogen and oxygen atoms in total. The Morgan fingerprint density at radius 1 is 0.800 bits per heavy atom. The molecule has 0 unspecified atom stereocenters. The fourth-order valence-corrected chi connectivity index (χ4v) is 4.15. The smallest absolute Gasteiger partial charge is 0.184 e. The third-order valence-corrected chi connectivity index (χ3v) is 3.68. The average molecular weight is 230 g/mol. The van der Waals surface area contributed by atoms with Crippen molar-refractivity contribution in [1.29, 1.82) is 0 Å². The zero-order valence-corrected chi connectivity index (χ0v) is 12.7. The number of hydrogen-bond acceptors (Lipinski definition) is 1. The molecule has 0 amide bonds. The molecule has 0 fully saturated rings. The van der Waals surface area contributed by atoms with E-state index in [0.717, 1.165) is 0 Å². The van der Waals surface area contributed by atoms with E-state index in [1.165, 1.54) is 38.5 Å². The minimum absolute atomic E-state index is 0.197. The predicted molar refractivity (Wildman–Crippen MR) is 71.9 cm³/mol. The Morgan fingerprint density at radius 3 is 1.33 bits per heavy atom. The SMILES string of the molecule is CCCC(CCC)(CCC)O[Si](C)(C)C. The van der Waals surface area contributed by atoms with Crippen LogP contribution in [0.5, 0.6) is 0 Å². The van der Waals surface area contributed by atoms with Crippen molar-refractivity contribution in [2.45, 2.75) is 84.5 Å². The highest BCUT2D eigenvalue weighted by Gasteiger charge is 2.33. The van der Waals surface area contributed by atoms with Gasteiger partial charge < -0.3 is 4.43 Å². The third kappa shape index (κ3) is 6.36. The summed E-state index contributed by atoms with van der Waals surface area (Å²) in [4.78, 5) is 0. The van der Waals surface area contributed by atoms with Gasteiger partial charge in [-0.25, -0.2) is 0 Å². The van der Waals surface area contributed by atoms with E-state index in [1.807, 2.05) is 0 Å². The Hall–Kier alpha value is 0.177. The highest BCUT2D eigenvalue weighted by Crippen LogP contribution is 2.32. The Kier molecular flexibility index (Phi) is 6.77. The van der Waals surface area contributed by atoms with E-state index in [9.17, 15) is 0 Å². The molecule has 2 heteroatoms.